The fraction of sp³-hybridized carbons (Fsp3) is 0.389. The zero-order valence-electron chi connectivity index (χ0n) is 13.4. The molecule has 3 heteroatoms. The van der Waals surface area contributed by atoms with Gasteiger partial charge in [-0.1, -0.05) is 63.6 Å². The van der Waals surface area contributed by atoms with Crippen molar-refractivity contribution in [2.45, 2.75) is 46.6 Å². The number of nitrogens with two attached hydrogens (primary N) is 2. The van der Waals surface area contributed by atoms with Crippen LogP contribution in [0, 0.1) is 0 Å². The zero-order chi connectivity index (χ0) is 16.1. The number of unbranched alkanes of at least 4 members (excludes halogenated alkanes) is 1. The van der Waals surface area contributed by atoms with E-state index in [1.165, 1.54) is 16.3 Å². The van der Waals surface area contributed by atoms with E-state index in [0.29, 0.717) is 13.0 Å². The Labute approximate surface area is 129 Å². The number of amides is 1. The van der Waals surface area contributed by atoms with E-state index in [4.69, 9.17) is 11.5 Å². The Morgan fingerprint density at radius 2 is 1.71 bits per heavy atom. The number of hydrogen-bond donors (Lipinski definition) is 2. The Hall–Kier alpha value is -1.87. The molecule has 3 nitrogen and oxygen atoms in total. The second-order valence-electron chi connectivity index (χ2n) is 4.46. The van der Waals surface area contributed by atoms with E-state index >= 15 is 0 Å². The summed E-state index contributed by atoms with van der Waals surface area (Å²) in [6.45, 7) is 6.65. The first-order chi connectivity index (χ1) is 10.2. The maximum atomic E-state index is 9.98. The van der Waals surface area contributed by atoms with Crippen LogP contribution >= 0.6 is 0 Å². The highest BCUT2D eigenvalue weighted by Crippen LogP contribution is 2.14. The first-order valence-electron chi connectivity index (χ1n) is 7.63. The summed E-state index contributed by atoms with van der Waals surface area (Å²) in [5.74, 6) is -0.193. The van der Waals surface area contributed by atoms with E-state index in [1.54, 1.807) is 0 Å². The molecule has 118 valence electrons. The standard InChI is InChI=1S/C11H11N.C5H11NO.C2H6.H2/c12-8-9-5-6-10-3-1-2-4-11(10)7-9;1-2-3-4-5(6)7;1-2;/h1-7H,8,12H2;2-4H2,1H3,(H2,6,7);1-2H3;1H. The predicted octanol–water partition coefficient (Wildman–Crippen LogP) is 4.23. The second-order valence-corrected chi connectivity index (χ2v) is 4.46. The van der Waals surface area contributed by atoms with Crippen molar-refractivity contribution in [1.82, 2.24) is 0 Å². The summed E-state index contributed by atoms with van der Waals surface area (Å²) < 4.78 is 0. The molecule has 0 aliphatic carbocycles. The smallest absolute Gasteiger partial charge is 0.217 e. The van der Waals surface area contributed by atoms with Crippen LogP contribution in [0.1, 0.15) is 47.0 Å². The first-order valence-corrected chi connectivity index (χ1v) is 7.63. The fourth-order valence-electron chi connectivity index (χ4n) is 1.72. The maximum absolute atomic E-state index is 9.98. The zero-order valence-corrected chi connectivity index (χ0v) is 13.4. The van der Waals surface area contributed by atoms with Gasteiger partial charge in [0.05, 0.1) is 0 Å². The third-order valence-corrected chi connectivity index (χ3v) is 2.83. The molecule has 0 spiro atoms. The normalized spacial score (nSPS) is 9.14. The molecule has 0 radical (unpaired) electrons. The van der Waals surface area contributed by atoms with Gasteiger partial charge < -0.3 is 11.5 Å². The number of hydrogen-bond acceptors (Lipinski definition) is 2. The summed E-state index contributed by atoms with van der Waals surface area (Å²) >= 11 is 0. The van der Waals surface area contributed by atoms with E-state index < -0.39 is 0 Å². The van der Waals surface area contributed by atoms with Crippen LogP contribution in [0.3, 0.4) is 0 Å². The van der Waals surface area contributed by atoms with E-state index in [0.717, 1.165) is 12.8 Å². The van der Waals surface area contributed by atoms with Gasteiger partial charge in [-0.2, -0.15) is 0 Å². The highest BCUT2D eigenvalue weighted by Gasteiger charge is 1.92. The van der Waals surface area contributed by atoms with Gasteiger partial charge in [0.2, 0.25) is 5.91 Å². The molecule has 4 N–H and O–H groups in total. The lowest BCUT2D eigenvalue weighted by Crippen LogP contribution is -2.09. The molecule has 0 bridgehead atoms. The van der Waals surface area contributed by atoms with Crippen molar-refractivity contribution < 1.29 is 6.22 Å². The summed E-state index contributed by atoms with van der Waals surface area (Å²) in [7, 11) is 0. The third-order valence-electron chi connectivity index (χ3n) is 2.83. The Bertz CT molecular complexity index is 529. The van der Waals surface area contributed by atoms with E-state index in [-0.39, 0.29) is 7.33 Å². The molecule has 0 aromatic heterocycles. The number of carbonyl (C=O) groups is 1. The molecule has 0 saturated carbocycles. The van der Waals surface area contributed by atoms with Gasteiger partial charge >= 0.3 is 0 Å². The molecule has 0 atom stereocenters. The van der Waals surface area contributed by atoms with Crippen molar-refractivity contribution in [3.05, 3.63) is 48.0 Å². The average Bonchev–Trinajstić information content (AvgIpc) is 2.54. The summed E-state index contributed by atoms with van der Waals surface area (Å²) in [5.41, 5.74) is 11.6. The number of carbonyl (C=O) groups excluding carboxylic acids is 1. The van der Waals surface area contributed by atoms with Crippen LogP contribution in [-0.2, 0) is 11.3 Å². The molecule has 2 aromatic carbocycles. The molecule has 0 fully saturated rings. The van der Waals surface area contributed by atoms with Crippen LogP contribution < -0.4 is 11.5 Å². The van der Waals surface area contributed by atoms with Crippen LogP contribution in [0.4, 0.5) is 0 Å². The molecule has 0 heterocycles. The minimum absolute atomic E-state index is 0. The maximum Gasteiger partial charge on any atom is 0.217 e. The molecule has 21 heavy (non-hydrogen) atoms. The number of fused-ring (bicyclic) bond motifs is 1. The van der Waals surface area contributed by atoms with Gasteiger partial charge in [-0.25, -0.2) is 0 Å². The van der Waals surface area contributed by atoms with Crippen molar-refractivity contribution >= 4 is 16.7 Å². The fourth-order valence-corrected chi connectivity index (χ4v) is 1.72. The summed E-state index contributed by atoms with van der Waals surface area (Å²) in [4.78, 5) is 9.98. The Kier molecular flexibility index (Phi) is 10.9. The summed E-state index contributed by atoms with van der Waals surface area (Å²) in [6.07, 6.45) is 2.51. The van der Waals surface area contributed by atoms with Gasteiger partial charge in [0.15, 0.2) is 0 Å². The highest BCUT2D eigenvalue weighted by molar-refractivity contribution is 5.82. The molecule has 0 saturated heterocycles. The molecule has 0 unspecified atom stereocenters. The van der Waals surface area contributed by atoms with Gasteiger partial charge in [0.25, 0.3) is 0 Å². The van der Waals surface area contributed by atoms with Crippen molar-refractivity contribution in [1.29, 1.82) is 0 Å². The first kappa shape index (κ1) is 19.1. The van der Waals surface area contributed by atoms with E-state index in [1.807, 2.05) is 32.9 Å². The van der Waals surface area contributed by atoms with Crippen LogP contribution in [-0.4, -0.2) is 5.91 Å². The lowest BCUT2D eigenvalue weighted by Gasteiger charge is -1.99. The molecular formula is C18H30N2O. The second kappa shape index (κ2) is 11.9. The Morgan fingerprint density at radius 1 is 1.10 bits per heavy atom. The largest absolute Gasteiger partial charge is 0.370 e. The van der Waals surface area contributed by atoms with Crippen LogP contribution in [0.15, 0.2) is 42.5 Å². The number of rotatable bonds is 4. The monoisotopic (exact) mass is 290 g/mol. The quantitative estimate of drug-likeness (QED) is 0.884. The van der Waals surface area contributed by atoms with E-state index in [9.17, 15) is 4.79 Å². The molecule has 2 rings (SSSR count). The van der Waals surface area contributed by atoms with Gasteiger partial charge in [-0.3, -0.25) is 4.79 Å². The minimum atomic E-state index is -0.193. The Morgan fingerprint density at radius 3 is 2.19 bits per heavy atom. The Balaban J connectivity index is 0. The van der Waals surface area contributed by atoms with Gasteiger partial charge in [-0.15, -0.1) is 0 Å². The topological polar surface area (TPSA) is 69.1 Å². The van der Waals surface area contributed by atoms with E-state index in [2.05, 4.69) is 30.3 Å². The minimum Gasteiger partial charge on any atom is -0.370 e. The predicted molar refractivity (Wildman–Crippen MR) is 94.0 cm³/mol. The van der Waals surface area contributed by atoms with Gasteiger partial charge in [0, 0.05) is 14.4 Å². The van der Waals surface area contributed by atoms with Crippen molar-refractivity contribution in [3.8, 4) is 0 Å². The van der Waals surface area contributed by atoms with Crippen molar-refractivity contribution in [2.24, 2.45) is 11.5 Å². The lowest BCUT2D eigenvalue weighted by atomic mass is 10.1. The van der Waals surface area contributed by atoms with Crippen molar-refractivity contribution in [2.75, 3.05) is 0 Å². The van der Waals surface area contributed by atoms with Crippen LogP contribution in [0.25, 0.3) is 10.8 Å². The van der Waals surface area contributed by atoms with Gasteiger partial charge in [-0.05, 0) is 28.8 Å². The van der Waals surface area contributed by atoms with Gasteiger partial charge in [0.1, 0.15) is 0 Å². The number of benzene rings is 2. The summed E-state index contributed by atoms with van der Waals surface area (Å²) in [6, 6.07) is 14.6. The molecule has 0 aliphatic rings. The molecular weight excluding hydrogens is 260 g/mol. The summed E-state index contributed by atoms with van der Waals surface area (Å²) in [5, 5.41) is 2.54. The molecule has 2 aromatic rings. The van der Waals surface area contributed by atoms with Crippen LogP contribution in [0.2, 0.25) is 0 Å². The average molecular weight is 290 g/mol. The SMILES string of the molecule is CC.CCCCC(N)=O.NCc1ccc2ccccc2c1.[HH]. The highest BCUT2D eigenvalue weighted by atomic mass is 16.1. The lowest BCUT2D eigenvalue weighted by molar-refractivity contribution is -0.118. The molecule has 0 aliphatic heterocycles. The third kappa shape index (κ3) is 8.10. The van der Waals surface area contributed by atoms with Crippen LogP contribution in [0.5, 0.6) is 0 Å². The molecule has 1 amide bonds. The van der Waals surface area contributed by atoms with Crippen molar-refractivity contribution in [3.63, 3.8) is 0 Å². The number of primary amides is 1.